The van der Waals surface area contributed by atoms with Crippen LogP contribution < -0.4 is 15.4 Å². The number of ether oxygens (including phenoxy) is 1. The number of fused-ring (bicyclic) bond motifs is 1. The predicted octanol–water partition coefficient (Wildman–Crippen LogP) is 3.24. The van der Waals surface area contributed by atoms with Gasteiger partial charge in [-0.1, -0.05) is 17.4 Å². The van der Waals surface area contributed by atoms with Gasteiger partial charge in [0.25, 0.3) is 0 Å². The number of benzene rings is 2. The second-order valence-corrected chi connectivity index (χ2v) is 9.38. The number of likely N-dealkylation sites (tertiary alicyclic amines) is 1. The first kappa shape index (κ1) is 23.1. The van der Waals surface area contributed by atoms with Gasteiger partial charge in [0.1, 0.15) is 23.3 Å². The number of nitrogens with one attached hydrogen (secondary N) is 2. The van der Waals surface area contributed by atoms with Gasteiger partial charge < -0.3 is 20.5 Å². The minimum Gasteiger partial charge on any atom is -0.487 e. The number of anilines is 2. The Morgan fingerprint density at radius 1 is 1.30 bits per heavy atom. The van der Waals surface area contributed by atoms with Crippen LogP contribution in [0.2, 0.25) is 0 Å². The molecule has 8 nitrogen and oxygen atoms in total. The van der Waals surface area contributed by atoms with E-state index in [0.717, 1.165) is 10.2 Å². The van der Waals surface area contributed by atoms with Crippen LogP contribution in [0.25, 0.3) is 10.2 Å². The number of thiazole rings is 1. The summed E-state index contributed by atoms with van der Waals surface area (Å²) in [6, 6.07) is 11.2. The summed E-state index contributed by atoms with van der Waals surface area (Å²) in [7, 11) is 0. The van der Waals surface area contributed by atoms with E-state index in [1.165, 1.54) is 30.4 Å². The van der Waals surface area contributed by atoms with Crippen LogP contribution in [0.15, 0.2) is 42.5 Å². The second-order valence-electron chi connectivity index (χ2n) is 8.35. The zero-order valence-electron chi connectivity index (χ0n) is 18.3. The molecule has 0 unspecified atom stereocenters. The van der Waals surface area contributed by atoms with E-state index in [-0.39, 0.29) is 24.9 Å². The van der Waals surface area contributed by atoms with Crippen molar-refractivity contribution in [2.75, 3.05) is 30.3 Å². The SMILES string of the molecule is CC(=O)Nc1ccc2nc(NC(=O)CN3CC[C@H](Oc4cccc(F)c4)[C@@](C)(O)C3)sc2c1. The van der Waals surface area contributed by atoms with Crippen molar-refractivity contribution in [3.8, 4) is 5.75 Å². The van der Waals surface area contributed by atoms with Gasteiger partial charge in [-0.25, -0.2) is 9.37 Å². The van der Waals surface area contributed by atoms with Gasteiger partial charge in [0.15, 0.2) is 5.13 Å². The summed E-state index contributed by atoms with van der Waals surface area (Å²) in [4.78, 5) is 30.1. The fourth-order valence-electron chi connectivity index (χ4n) is 3.89. The quantitative estimate of drug-likeness (QED) is 0.509. The lowest BCUT2D eigenvalue weighted by Crippen LogP contribution is -2.58. The molecule has 3 N–H and O–H groups in total. The molecule has 0 saturated carbocycles. The fraction of sp³-hybridized carbons (Fsp3) is 0.348. The van der Waals surface area contributed by atoms with Crippen LogP contribution in [-0.4, -0.2) is 58.1 Å². The summed E-state index contributed by atoms with van der Waals surface area (Å²) >= 11 is 1.32. The first-order chi connectivity index (χ1) is 15.7. The van der Waals surface area contributed by atoms with Crippen molar-refractivity contribution >= 4 is 44.2 Å². The molecule has 0 spiro atoms. The maximum Gasteiger partial charge on any atom is 0.240 e. The van der Waals surface area contributed by atoms with Crippen LogP contribution in [0.3, 0.4) is 0 Å². The molecule has 0 radical (unpaired) electrons. The Morgan fingerprint density at radius 3 is 2.85 bits per heavy atom. The molecule has 3 aromatic rings. The van der Waals surface area contributed by atoms with Gasteiger partial charge in [-0.2, -0.15) is 0 Å². The molecule has 0 bridgehead atoms. The molecule has 10 heteroatoms. The van der Waals surface area contributed by atoms with E-state index in [0.29, 0.717) is 29.5 Å². The van der Waals surface area contributed by atoms with Crippen molar-refractivity contribution in [3.05, 3.63) is 48.3 Å². The van der Waals surface area contributed by atoms with Crippen LogP contribution in [0.4, 0.5) is 15.2 Å². The lowest BCUT2D eigenvalue weighted by Gasteiger charge is -2.42. The number of rotatable bonds is 6. The molecule has 0 aliphatic carbocycles. The molecular weight excluding hydrogens is 447 g/mol. The number of hydrogen-bond acceptors (Lipinski definition) is 7. The van der Waals surface area contributed by atoms with Crippen molar-refractivity contribution in [1.82, 2.24) is 9.88 Å². The summed E-state index contributed by atoms with van der Waals surface area (Å²) in [5.74, 6) is -0.434. The number of halogens is 1. The number of carbonyl (C=O) groups excluding carboxylic acids is 2. The third-order valence-corrected chi connectivity index (χ3v) is 6.28. The van der Waals surface area contributed by atoms with E-state index in [2.05, 4.69) is 15.6 Å². The van der Waals surface area contributed by atoms with Crippen molar-refractivity contribution < 1.29 is 23.8 Å². The lowest BCUT2D eigenvalue weighted by atomic mass is 9.91. The maximum atomic E-state index is 13.4. The number of piperidine rings is 1. The Labute approximate surface area is 194 Å². The van der Waals surface area contributed by atoms with Crippen molar-refractivity contribution in [2.45, 2.75) is 32.0 Å². The zero-order chi connectivity index (χ0) is 23.6. The fourth-order valence-corrected chi connectivity index (χ4v) is 4.81. The van der Waals surface area contributed by atoms with E-state index in [9.17, 15) is 19.1 Å². The van der Waals surface area contributed by atoms with E-state index in [1.807, 2.05) is 11.0 Å². The van der Waals surface area contributed by atoms with E-state index >= 15 is 0 Å². The Balaban J connectivity index is 1.34. The Morgan fingerprint density at radius 2 is 2.12 bits per heavy atom. The minimum absolute atomic E-state index is 0.0932. The molecule has 2 amide bonds. The van der Waals surface area contributed by atoms with Gasteiger partial charge >= 0.3 is 0 Å². The van der Waals surface area contributed by atoms with Gasteiger partial charge in [0, 0.05) is 31.8 Å². The van der Waals surface area contributed by atoms with E-state index in [4.69, 9.17) is 4.74 Å². The van der Waals surface area contributed by atoms with Gasteiger partial charge in [-0.15, -0.1) is 0 Å². The summed E-state index contributed by atoms with van der Waals surface area (Å²) in [5, 5.41) is 16.9. The molecular formula is C23H25FN4O4S. The number of amides is 2. The van der Waals surface area contributed by atoms with Gasteiger partial charge in [-0.3, -0.25) is 14.5 Å². The zero-order valence-corrected chi connectivity index (χ0v) is 19.1. The maximum absolute atomic E-state index is 13.4. The van der Waals surface area contributed by atoms with Crippen LogP contribution >= 0.6 is 11.3 Å². The Kier molecular flexibility index (Phi) is 6.59. The molecule has 1 aliphatic heterocycles. The Bertz CT molecular complexity index is 1180. The summed E-state index contributed by atoms with van der Waals surface area (Å²) in [6.07, 6.45) is -0.0233. The first-order valence-electron chi connectivity index (χ1n) is 10.5. The molecule has 2 heterocycles. The first-order valence-corrected chi connectivity index (χ1v) is 11.3. The predicted molar refractivity (Wildman–Crippen MR) is 125 cm³/mol. The molecule has 1 aliphatic rings. The van der Waals surface area contributed by atoms with Gasteiger partial charge in [0.05, 0.1) is 16.8 Å². The number of aliphatic hydroxyl groups is 1. The van der Waals surface area contributed by atoms with Crippen molar-refractivity contribution in [3.63, 3.8) is 0 Å². The second kappa shape index (κ2) is 9.42. The third-order valence-electron chi connectivity index (χ3n) is 5.34. The van der Waals surface area contributed by atoms with Gasteiger partial charge in [-0.05, 0) is 43.7 Å². The minimum atomic E-state index is -1.21. The lowest BCUT2D eigenvalue weighted by molar-refractivity contribution is -0.123. The molecule has 2 atom stereocenters. The van der Waals surface area contributed by atoms with Crippen LogP contribution in [0, 0.1) is 5.82 Å². The molecule has 174 valence electrons. The monoisotopic (exact) mass is 472 g/mol. The molecule has 1 aromatic heterocycles. The average Bonchev–Trinajstić information content (AvgIpc) is 3.10. The third kappa shape index (κ3) is 5.84. The molecule has 2 aromatic carbocycles. The topological polar surface area (TPSA) is 104 Å². The number of nitrogens with zero attached hydrogens (tertiary/aromatic N) is 2. The highest BCUT2D eigenvalue weighted by Crippen LogP contribution is 2.29. The number of carbonyl (C=O) groups is 2. The molecule has 1 saturated heterocycles. The smallest absolute Gasteiger partial charge is 0.240 e. The van der Waals surface area contributed by atoms with Crippen LogP contribution in [-0.2, 0) is 9.59 Å². The number of aromatic nitrogens is 1. The highest BCUT2D eigenvalue weighted by Gasteiger charge is 2.40. The van der Waals surface area contributed by atoms with Crippen LogP contribution in [0.5, 0.6) is 5.75 Å². The van der Waals surface area contributed by atoms with E-state index in [1.54, 1.807) is 31.2 Å². The summed E-state index contributed by atoms with van der Waals surface area (Å²) < 4.78 is 20.1. The van der Waals surface area contributed by atoms with Crippen molar-refractivity contribution in [2.24, 2.45) is 0 Å². The van der Waals surface area contributed by atoms with Gasteiger partial charge in [0.2, 0.25) is 11.8 Å². The Hall–Kier alpha value is -3.08. The highest BCUT2D eigenvalue weighted by molar-refractivity contribution is 7.22. The highest BCUT2D eigenvalue weighted by atomic mass is 32.1. The van der Waals surface area contributed by atoms with E-state index < -0.39 is 17.5 Å². The average molecular weight is 473 g/mol. The summed E-state index contributed by atoms with van der Waals surface area (Å²) in [5.41, 5.74) is 0.186. The standard InChI is InChI=1S/C23H25FN4O4S/c1-14(29)25-16-6-7-18-19(11-16)33-22(26-18)27-21(30)12-28-9-8-20(23(2,31)13-28)32-17-5-3-4-15(24)10-17/h3-7,10-11,20,31H,8-9,12-13H2,1-2H3,(H,25,29)(H,26,27,30)/t20-,23-/m0/s1. The van der Waals surface area contributed by atoms with Crippen molar-refractivity contribution in [1.29, 1.82) is 0 Å². The number of hydrogen-bond donors (Lipinski definition) is 3. The summed E-state index contributed by atoms with van der Waals surface area (Å²) in [6.45, 7) is 3.97. The molecule has 33 heavy (non-hydrogen) atoms. The number of β-amino-alcohol motifs (C(OH)–C–C–N with tert-alkyl or cyclic N) is 1. The van der Waals surface area contributed by atoms with Crippen LogP contribution in [0.1, 0.15) is 20.3 Å². The normalized spacial score (nSPS) is 21.0. The molecule has 4 rings (SSSR count). The largest absolute Gasteiger partial charge is 0.487 e. The molecule has 1 fully saturated rings.